The lowest BCUT2D eigenvalue weighted by Crippen LogP contribution is -1.98. The summed E-state index contributed by atoms with van der Waals surface area (Å²) >= 11 is 1.41. The molecule has 0 aliphatic rings. The lowest BCUT2D eigenvalue weighted by Gasteiger charge is -2.06. The van der Waals surface area contributed by atoms with Crippen molar-refractivity contribution in [1.82, 2.24) is 4.98 Å². The molecule has 1 N–H and O–H groups in total. The fourth-order valence-electron chi connectivity index (χ4n) is 1.45. The van der Waals surface area contributed by atoms with E-state index in [9.17, 15) is 8.78 Å². The van der Waals surface area contributed by atoms with Crippen LogP contribution in [-0.2, 0) is 6.61 Å². The number of anilines is 1. The predicted octanol–water partition coefficient (Wildman–Crippen LogP) is 3.82. The van der Waals surface area contributed by atoms with Crippen molar-refractivity contribution < 1.29 is 13.5 Å². The first-order valence-electron chi connectivity index (χ1n) is 5.96. The second kappa shape index (κ2) is 6.47. The monoisotopic (exact) mass is 284 g/mol. The van der Waals surface area contributed by atoms with Gasteiger partial charge in [-0.25, -0.2) is 13.8 Å². The van der Waals surface area contributed by atoms with E-state index in [1.807, 2.05) is 0 Å². The van der Waals surface area contributed by atoms with Crippen LogP contribution in [0.1, 0.15) is 18.2 Å². The van der Waals surface area contributed by atoms with Crippen LogP contribution in [0.5, 0.6) is 5.75 Å². The molecule has 0 amide bonds. The molecule has 0 saturated heterocycles. The number of ether oxygens (including phenoxy) is 1. The second-order valence-corrected chi connectivity index (χ2v) is 5.01. The van der Waals surface area contributed by atoms with Gasteiger partial charge >= 0.3 is 0 Å². The molecule has 0 spiro atoms. The number of para-hydroxylation sites is 1. The summed E-state index contributed by atoms with van der Waals surface area (Å²) in [6.07, 6.45) is 2.65. The molecule has 2 rings (SSSR count). The predicted molar refractivity (Wildman–Crippen MR) is 71.6 cm³/mol. The molecule has 0 aliphatic carbocycles. The van der Waals surface area contributed by atoms with Gasteiger partial charge in [0, 0.05) is 12.7 Å². The summed E-state index contributed by atoms with van der Waals surface area (Å²) in [7, 11) is 0. The van der Waals surface area contributed by atoms with Crippen molar-refractivity contribution in [2.75, 3.05) is 11.9 Å². The third kappa shape index (κ3) is 3.64. The van der Waals surface area contributed by atoms with E-state index in [4.69, 9.17) is 4.74 Å². The molecule has 19 heavy (non-hydrogen) atoms. The minimum atomic E-state index is -0.700. The average molecular weight is 284 g/mol. The summed E-state index contributed by atoms with van der Waals surface area (Å²) in [5.74, 6) is -1.75. The van der Waals surface area contributed by atoms with E-state index in [1.54, 1.807) is 6.20 Å². The number of nitrogens with one attached hydrogen (secondary N) is 1. The summed E-state index contributed by atoms with van der Waals surface area (Å²) < 4.78 is 31.8. The van der Waals surface area contributed by atoms with Gasteiger partial charge in [-0.2, -0.15) is 0 Å². The zero-order chi connectivity index (χ0) is 13.7. The van der Waals surface area contributed by atoms with Crippen LogP contribution in [0.25, 0.3) is 0 Å². The number of nitrogens with zero attached hydrogens (tertiary/aromatic N) is 1. The van der Waals surface area contributed by atoms with Gasteiger partial charge in [-0.1, -0.05) is 24.3 Å². The number of rotatable bonds is 6. The smallest absolute Gasteiger partial charge is 0.191 e. The molecule has 0 atom stereocenters. The van der Waals surface area contributed by atoms with Gasteiger partial charge in [-0.05, 0) is 18.6 Å². The highest BCUT2D eigenvalue weighted by Crippen LogP contribution is 2.24. The van der Waals surface area contributed by atoms with Gasteiger partial charge in [-0.15, -0.1) is 0 Å². The van der Waals surface area contributed by atoms with E-state index in [0.717, 1.165) is 23.0 Å². The summed E-state index contributed by atoms with van der Waals surface area (Å²) in [6, 6.07) is 3.63. The van der Waals surface area contributed by atoms with E-state index in [1.165, 1.54) is 29.5 Å². The molecule has 3 nitrogen and oxygen atoms in total. The number of benzene rings is 1. The Morgan fingerprint density at radius 3 is 2.74 bits per heavy atom. The van der Waals surface area contributed by atoms with E-state index in [-0.39, 0.29) is 12.4 Å². The molecule has 1 aromatic carbocycles. The first kappa shape index (κ1) is 13.7. The quantitative estimate of drug-likeness (QED) is 0.875. The Kier molecular flexibility index (Phi) is 4.68. The zero-order valence-electron chi connectivity index (χ0n) is 10.5. The summed E-state index contributed by atoms with van der Waals surface area (Å²) in [6.45, 7) is 3.00. The number of aromatic nitrogens is 1. The third-order valence-corrected chi connectivity index (χ3v) is 3.29. The molecule has 0 radical (unpaired) electrons. The van der Waals surface area contributed by atoms with Gasteiger partial charge in [0.25, 0.3) is 0 Å². The molecule has 1 aromatic heterocycles. The average Bonchev–Trinajstić information content (AvgIpc) is 2.84. The maximum absolute atomic E-state index is 13.3. The first-order valence-corrected chi connectivity index (χ1v) is 6.77. The molecule has 102 valence electrons. The van der Waals surface area contributed by atoms with Crippen molar-refractivity contribution in [2.45, 2.75) is 20.0 Å². The molecule has 0 fully saturated rings. The first-order chi connectivity index (χ1) is 9.20. The standard InChI is InChI=1S/C13H14F2N2OS/c1-2-6-16-13-17-7-9(19-13)8-18-12-10(14)4-3-5-11(12)15/h3-5,7H,2,6,8H2,1H3,(H,16,17). The normalized spacial score (nSPS) is 10.5. The van der Waals surface area contributed by atoms with Crippen LogP contribution < -0.4 is 10.1 Å². The lowest BCUT2D eigenvalue weighted by molar-refractivity contribution is 0.277. The van der Waals surface area contributed by atoms with Crippen LogP contribution in [0.4, 0.5) is 13.9 Å². The highest BCUT2D eigenvalue weighted by atomic mass is 32.1. The van der Waals surface area contributed by atoms with Crippen molar-refractivity contribution in [3.63, 3.8) is 0 Å². The van der Waals surface area contributed by atoms with Crippen molar-refractivity contribution in [2.24, 2.45) is 0 Å². The minimum absolute atomic E-state index is 0.101. The van der Waals surface area contributed by atoms with Crippen molar-refractivity contribution in [3.05, 3.63) is 40.9 Å². The Labute approximate surface area is 114 Å². The minimum Gasteiger partial charge on any atom is -0.482 e. The fraction of sp³-hybridized carbons (Fsp3) is 0.308. The van der Waals surface area contributed by atoms with Gasteiger partial charge in [0.2, 0.25) is 0 Å². The molecule has 0 aliphatic heterocycles. The van der Waals surface area contributed by atoms with Gasteiger partial charge < -0.3 is 10.1 Å². The maximum Gasteiger partial charge on any atom is 0.191 e. The highest BCUT2D eigenvalue weighted by Gasteiger charge is 2.10. The van der Waals surface area contributed by atoms with Crippen LogP contribution >= 0.6 is 11.3 Å². The number of thiazole rings is 1. The fourth-order valence-corrected chi connectivity index (χ4v) is 2.20. The summed E-state index contributed by atoms with van der Waals surface area (Å²) in [5, 5.41) is 3.93. The molecule has 6 heteroatoms. The third-order valence-electron chi connectivity index (χ3n) is 2.36. The van der Waals surface area contributed by atoms with Crippen LogP contribution in [0.2, 0.25) is 0 Å². The van der Waals surface area contributed by atoms with Crippen LogP contribution in [0, 0.1) is 11.6 Å². The molecule has 0 unspecified atom stereocenters. The van der Waals surface area contributed by atoms with Crippen LogP contribution in [0.3, 0.4) is 0 Å². The van der Waals surface area contributed by atoms with Gasteiger partial charge in [0.05, 0.1) is 4.88 Å². The Balaban J connectivity index is 1.97. The van der Waals surface area contributed by atoms with Gasteiger partial charge in [0.1, 0.15) is 6.61 Å². The Morgan fingerprint density at radius 1 is 1.32 bits per heavy atom. The highest BCUT2D eigenvalue weighted by molar-refractivity contribution is 7.15. The number of halogens is 2. The molecule has 1 heterocycles. The zero-order valence-corrected chi connectivity index (χ0v) is 11.3. The maximum atomic E-state index is 13.3. The molecule has 0 saturated carbocycles. The largest absolute Gasteiger partial charge is 0.482 e. The van der Waals surface area contributed by atoms with Gasteiger partial charge in [-0.3, -0.25) is 0 Å². The van der Waals surface area contributed by atoms with E-state index >= 15 is 0 Å². The van der Waals surface area contributed by atoms with E-state index < -0.39 is 11.6 Å². The van der Waals surface area contributed by atoms with Crippen LogP contribution in [0.15, 0.2) is 24.4 Å². The van der Waals surface area contributed by atoms with Crippen LogP contribution in [-0.4, -0.2) is 11.5 Å². The summed E-state index contributed by atoms with van der Waals surface area (Å²) in [5.41, 5.74) is 0. The Bertz CT molecular complexity index is 525. The SMILES string of the molecule is CCCNc1ncc(COc2c(F)cccc2F)s1. The number of hydrogen-bond donors (Lipinski definition) is 1. The number of hydrogen-bond acceptors (Lipinski definition) is 4. The topological polar surface area (TPSA) is 34.2 Å². The Hall–Kier alpha value is -1.69. The van der Waals surface area contributed by atoms with Crippen molar-refractivity contribution in [3.8, 4) is 5.75 Å². The van der Waals surface area contributed by atoms with E-state index in [0.29, 0.717) is 0 Å². The molecule has 0 bridgehead atoms. The second-order valence-electron chi connectivity index (χ2n) is 3.90. The summed E-state index contributed by atoms with van der Waals surface area (Å²) in [4.78, 5) is 4.96. The molecule has 2 aromatic rings. The molecular formula is C13H14F2N2OS. The van der Waals surface area contributed by atoms with Crippen molar-refractivity contribution >= 4 is 16.5 Å². The van der Waals surface area contributed by atoms with E-state index in [2.05, 4.69) is 17.2 Å². The van der Waals surface area contributed by atoms with Crippen molar-refractivity contribution in [1.29, 1.82) is 0 Å². The lowest BCUT2D eigenvalue weighted by atomic mass is 10.3. The van der Waals surface area contributed by atoms with Gasteiger partial charge in [0.15, 0.2) is 22.5 Å². The molecular weight excluding hydrogens is 270 g/mol. The Morgan fingerprint density at radius 2 is 2.05 bits per heavy atom.